The van der Waals surface area contributed by atoms with Gasteiger partial charge in [-0.05, 0) is 130 Å². The van der Waals surface area contributed by atoms with Gasteiger partial charge < -0.3 is 20.2 Å². The number of nitrogens with zero attached hydrogens (tertiary/aromatic N) is 2. The van der Waals surface area contributed by atoms with Crippen molar-refractivity contribution >= 4 is 88.8 Å². The molecule has 0 spiro atoms. The summed E-state index contributed by atoms with van der Waals surface area (Å²) in [4.78, 5) is 0. The summed E-state index contributed by atoms with van der Waals surface area (Å²) in [7, 11) is 0. The molecule has 0 unspecified atom stereocenters. The molecule has 0 fully saturated rings. The molecule has 12 rings (SSSR count). The maximum atomic E-state index is 5.64. The molecule has 0 saturated heterocycles. The molecule has 0 aliphatic rings. The van der Waals surface area contributed by atoms with E-state index in [0.717, 1.165) is 38.3 Å². The Morgan fingerprint density at radius 3 is 0.972 bits per heavy atom. The molecule has 5 heteroatoms. The molecule has 0 aliphatic heterocycles. The van der Waals surface area contributed by atoms with Gasteiger partial charge >= 0.3 is 0 Å². The molecule has 0 amide bonds. The van der Waals surface area contributed by atoms with Gasteiger partial charge in [0.25, 0.3) is 0 Å². The van der Waals surface area contributed by atoms with Crippen LogP contribution in [0.25, 0.3) is 89.4 Å². The molecule has 12 aromatic rings. The molecular formula is C66H57BrN4. The molecule has 10 aromatic carbocycles. The van der Waals surface area contributed by atoms with Gasteiger partial charge in [0, 0.05) is 54.5 Å². The Kier molecular flexibility index (Phi) is 15.3. The molecule has 3 N–H and O–H groups in total. The minimum atomic E-state index is 0. The molecule has 348 valence electrons. The first-order valence-electron chi connectivity index (χ1n) is 23.0. The Labute approximate surface area is 426 Å². The number of hydrogen-bond donors (Lipinski definition) is 2. The van der Waals surface area contributed by atoms with Crippen molar-refractivity contribution < 1.29 is 0 Å². The zero-order valence-electron chi connectivity index (χ0n) is 38.0. The molecular weight excluding hydrogens is 929 g/mol. The Hall–Kier alpha value is -8.64. The fourth-order valence-electron chi connectivity index (χ4n) is 8.90. The van der Waals surface area contributed by atoms with Gasteiger partial charge in [-0.1, -0.05) is 202 Å². The minimum absolute atomic E-state index is 0. The number of nitrogens with two attached hydrogens (primary N) is 1. The van der Waals surface area contributed by atoms with Gasteiger partial charge in [-0.3, -0.25) is 0 Å². The van der Waals surface area contributed by atoms with Crippen molar-refractivity contribution in [2.75, 3.05) is 11.1 Å². The number of nitrogens with one attached hydrogen (secondary N) is 1. The predicted octanol–water partition coefficient (Wildman–Crippen LogP) is 19.2. The second kappa shape index (κ2) is 22.2. The average Bonchev–Trinajstić information content (AvgIpc) is 3.93. The number of benzene rings is 10. The van der Waals surface area contributed by atoms with Crippen LogP contribution < -0.4 is 11.1 Å². The van der Waals surface area contributed by atoms with E-state index < -0.39 is 0 Å². The third-order valence-electron chi connectivity index (χ3n) is 12.4. The first-order valence-corrected chi connectivity index (χ1v) is 23.7. The fraction of sp³-hybridized carbons (Fsp3) is 0.0303. The van der Waals surface area contributed by atoms with Gasteiger partial charge in [0.1, 0.15) is 0 Å². The summed E-state index contributed by atoms with van der Waals surface area (Å²) < 4.78 is 5.75. The maximum absolute atomic E-state index is 5.64. The van der Waals surface area contributed by atoms with Crippen LogP contribution >= 0.6 is 15.9 Å². The predicted molar refractivity (Wildman–Crippen MR) is 314 cm³/mol. The van der Waals surface area contributed by atoms with Crippen LogP contribution in [0, 0.1) is 0 Å². The lowest BCUT2D eigenvalue weighted by Crippen LogP contribution is -1.95. The zero-order chi connectivity index (χ0) is 47.1. The number of fused-ring (bicyclic) bond motifs is 6. The van der Waals surface area contributed by atoms with E-state index in [1.807, 2.05) is 36.4 Å². The topological polar surface area (TPSA) is 47.9 Å². The highest BCUT2D eigenvalue weighted by molar-refractivity contribution is 9.10. The Morgan fingerprint density at radius 2 is 0.634 bits per heavy atom. The quantitative estimate of drug-likeness (QED) is 0.149. The van der Waals surface area contributed by atoms with Crippen LogP contribution in [-0.2, 0) is 0 Å². The Balaban J connectivity index is 0.000000155. The van der Waals surface area contributed by atoms with E-state index in [4.69, 9.17) is 5.73 Å². The molecule has 4 nitrogen and oxygen atoms in total. The third-order valence-corrected chi connectivity index (χ3v) is 12.9. The van der Waals surface area contributed by atoms with Crippen LogP contribution in [0.15, 0.2) is 260 Å². The number of para-hydroxylation sites is 4. The summed E-state index contributed by atoms with van der Waals surface area (Å²) in [5.74, 6) is 0. The molecule has 0 bridgehead atoms. The van der Waals surface area contributed by atoms with Gasteiger partial charge in [-0.15, -0.1) is 0 Å². The minimum Gasteiger partial charge on any atom is -0.399 e. The van der Waals surface area contributed by atoms with Crippen molar-refractivity contribution in [3.8, 4) is 33.6 Å². The summed E-state index contributed by atoms with van der Waals surface area (Å²) in [6.45, 7) is 7.55. The van der Waals surface area contributed by atoms with Gasteiger partial charge in [0.15, 0.2) is 0 Å². The molecule has 0 aliphatic carbocycles. The van der Waals surface area contributed by atoms with Gasteiger partial charge in [-0.2, -0.15) is 0 Å². The number of rotatable bonds is 8. The second-order valence-corrected chi connectivity index (χ2v) is 17.7. The number of halogens is 1. The smallest absolute Gasteiger partial charge is 0.0541 e. The summed E-state index contributed by atoms with van der Waals surface area (Å²) in [6, 6.07) is 84.5. The average molecular weight is 986 g/mol. The van der Waals surface area contributed by atoms with Crippen LogP contribution in [0.4, 0.5) is 17.1 Å². The van der Waals surface area contributed by atoms with Gasteiger partial charge in [0.05, 0.1) is 22.1 Å². The Bertz CT molecular complexity index is 3590. The Morgan fingerprint density at radius 1 is 0.352 bits per heavy atom. The van der Waals surface area contributed by atoms with Crippen LogP contribution in [0.2, 0.25) is 0 Å². The fourth-order valence-corrected chi connectivity index (χ4v) is 9.16. The van der Waals surface area contributed by atoms with Crippen molar-refractivity contribution in [1.29, 1.82) is 0 Å². The van der Waals surface area contributed by atoms with E-state index in [1.54, 1.807) is 0 Å². The van der Waals surface area contributed by atoms with Crippen LogP contribution in [0.1, 0.15) is 26.0 Å². The van der Waals surface area contributed by atoms with E-state index in [-0.39, 0.29) is 14.9 Å². The third kappa shape index (κ3) is 10.5. The molecule has 0 saturated carbocycles. The largest absolute Gasteiger partial charge is 0.399 e. The lowest BCUT2D eigenvalue weighted by molar-refractivity contribution is 1.18. The summed E-state index contributed by atoms with van der Waals surface area (Å²) >= 11 is 3.50. The van der Waals surface area contributed by atoms with Crippen molar-refractivity contribution in [3.05, 3.63) is 271 Å². The van der Waals surface area contributed by atoms with E-state index in [1.165, 1.54) is 71.6 Å². The monoisotopic (exact) mass is 984 g/mol. The second-order valence-electron chi connectivity index (χ2n) is 16.7. The lowest BCUT2D eigenvalue weighted by Gasteiger charge is -2.11. The molecule has 0 radical (unpaired) electrons. The van der Waals surface area contributed by atoms with Crippen molar-refractivity contribution in [2.45, 2.75) is 14.9 Å². The maximum Gasteiger partial charge on any atom is 0.0541 e. The molecule has 2 aromatic heterocycles. The van der Waals surface area contributed by atoms with Crippen molar-refractivity contribution in [2.24, 2.45) is 0 Å². The number of aromatic nitrogens is 2. The van der Waals surface area contributed by atoms with E-state index >= 15 is 0 Å². The standard InChI is InChI=1S/C32H24N2.C18H12BrN.C14H13N.2CH4/c1-2-23-11-13-24(14-12-23)25-15-17-26(18-16-25)33-27-19-21-28(22-20-27)34-31-9-5-3-7-29(31)30-8-4-6-10-32(30)34;19-13-9-11-14(12-10-13)20-17-7-3-1-5-15(17)16-6-2-4-8-18(16)20;1-2-11-3-5-12(6-4-11)13-7-9-14(15)10-8-13;;/h2-22,33H,1H2;1-12H;2-10H,1,15H2;2*1H4. The first-order chi connectivity index (χ1) is 33.9. The van der Waals surface area contributed by atoms with Crippen LogP contribution in [-0.4, -0.2) is 9.13 Å². The van der Waals surface area contributed by atoms with E-state index in [9.17, 15) is 0 Å². The van der Waals surface area contributed by atoms with Gasteiger partial charge in [-0.25, -0.2) is 0 Å². The van der Waals surface area contributed by atoms with E-state index in [0.29, 0.717) is 0 Å². The normalized spacial score (nSPS) is 10.5. The van der Waals surface area contributed by atoms with Crippen molar-refractivity contribution in [3.63, 3.8) is 0 Å². The first kappa shape index (κ1) is 48.8. The SMILES string of the molecule is Brc1ccc(-n2c3ccccc3c3ccccc32)cc1.C.C.C=Cc1ccc(-c2ccc(N)cc2)cc1.C=Cc1ccc(-c2ccc(Nc3ccc(-n4c5ccccc5c5ccccc54)cc3)cc2)cc1. The number of nitrogen functional groups attached to an aromatic ring is 1. The van der Waals surface area contributed by atoms with Crippen LogP contribution in [0.5, 0.6) is 0 Å². The van der Waals surface area contributed by atoms with E-state index in [2.05, 4.69) is 262 Å². The highest BCUT2D eigenvalue weighted by Crippen LogP contribution is 2.34. The highest BCUT2D eigenvalue weighted by Gasteiger charge is 2.13. The van der Waals surface area contributed by atoms with Gasteiger partial charge in [0.2, 0.25) is 0 Å². The molecule has 0 atom stereocenters. The lowest BCUT2D eigenvalue weighted by atomic mass is 10.0. The van der Waals surface area contributed by atoms with Crippen molar-refractivity contribution in [1.82, 2.24) is 9.13 Å². The summed E-state index contributed by atoms with van der Waals surface area (Å²) in [5, 5.41) is 8.67. The highest BCUT2D eigenvalue weighted by atomic mass is 79.9. The van der Waals surface area contributed by atoms with Crippen LogP contribution in [0.3, 0.4) is 0 Å². The number of anilines is 3. The molecule has 2 heterocycles. The molecule has 71 heavy (non-hydrogen) atoms. The number of hydrogen-bond acceptors (Lipinski definition) is 2. The zero-order valence-corrected chi connectivity index (χ0v) is 39.6. The summed E-state index contributed by atoms with van der Waals surface area (Å²) in [6.07, 6.45) is 3.70. The summed E-state index contributed by atoms with van der Waals surface area (Å²) in [5.41, 5.74) is 22.9.